The number of nitrogens with zero attached hydrogens (tertiary/aromatic N) is 4. The zero-order valence-corrected chi connectivity index (χ0v) is 19.3. The molecule has 31 heavy (non-hydrogen) atoms. The maximum atomic E-state index is 12.9. The first kappa shape index (κ1) is 21.9. The number of hydrogen-bond acceptors (Lipinski definition) is 4. The molecule has 0 spiro atoms. The van der Waals surface area contributed by atoms with E-state index < -0.39 is 0 Å². The van der Waals surface area contributed by atoms with Crippen LogP contribution < -0.4 is 10.5 Å². The van der Waals surface area contributed by atoms with E-state index in [1.54, 1.807) is 4.68 Å². The van der Waals surface area contributed by atoms with Gasteiger partial charge >= 0.3 is 0 Å². The zero-order valence-electron chi connectivity index (χ0n) is 18.5. The third-order valence-corrected chi connectivity index (χ3v) is 6.58. The number of benzene rings is 1. The standard InChI is InChI=1S/C24H32ClN5O/c1-3-7-20-21-22(29(2)28-20)23(31)27-24(26-21)30(16-18-8-5-4-6-9-18)15-14-17-10-12-19(25)13-11-17/h10-13,18H,3-9,14-16H2,1-2H3,(H,26,27,31). The summed E-state index contributed by atoms with van der Waals surface area (Å²) in [5, 5.41) is 5.31. The Labute approximate surface area is 188 Å². The Morgan fingerprint density at radius 3 is 2.61 bits per heavy atom. The van der Waals surface area contributed by atoms with Crippen LogP contribution in [0.15, 0.2) is 29.1 Å². The lowest BCUT2D eigenvalue weighted by Gasteiger charge is -2.30. The van der Waals surface area contributed by atoms with Crippen molar-refractivity contribution >= 4 is 28.6 Å². The Morgan fingerprint density at radius 1 is 1.16 bits per heavy atom. The molecule has 1 aliphatic rings. The van der Waals surface area contributed by atoms with Crippen molar-refractivity contribution in [2.24, 2.45) is 13.0 Å². The lowest BCUT2D eigenvalue weighted by molar-refractivity contribution is 0.357. The second-order valence-corrected chi connectivity index (χ2v) is 9.17. The van der Waals surface area contributed by atoms with Crippen LogP contribution in [0.3, 0.4) is 0 Å². The summed E-state index contributed by atoms with van der Waals surface area (Å²) in [5.41, 5.74) is 3.32. The summed E-state index contributed by atoms with van der Waals surface area (Å²) >= 11 is 6.05. The lowest BCUT2D eigenvalue weighted by Crippen LogP contribution is -2.35. The van der Waals surface area contributed by atoms with Gasteiger partial charge in [-0.3, -0.25) is 14.5 Å². The Kier molecular flexibility index (Phi) is 6.96. The third-order valence-electron chi connectivity index (χ3n) is 6.32. The van der Waals surface area contributed by atoms with Crippen LogP contribution in [0.5, 0.6) is 0 Å². The predicted molar refractivity (Wildman–Crippen MR) is 127 cm³/mol. The first-order valence-electron chi connectivity index (χ1n) is 11.5. The highest BCUT2D eigenvalue weighted by Gasteiger charge is 2.21. The Balaban J connectivity index is 1.65. The highest BCUT2D eigenvalue weighted by atomic mass is 35.5. The number of halogens is 1. The molecule has 6 nitrogen and oxygen atoms in total. The van der Waals surface area contributed by atoms with Gasteiger partial charge in [-0.25, -0.2) is 4.98 Å². The van der Waals surface area contributed by atoms with E-state index >= 15 is 0 Å². The van der Waals surface area contributed by atoms with Crippen LogP contribution in [0.1, 0.15) is 56.7 Å². The van der Waals surface area contributed by atoms with Crippen molar-refractivity contribution < 1.29 is 0 Å². The highest BCUT2D eigenvalue weighted by Crippen LogP contribution is 2.26. The predicted octanol–water partition coefficient (Wildman–Crippen LogP) is 4.89. The van der Waals surface area contributed by atoms with Crippen molar-refractivity contribution in [3.8, 4) is 0 Å². The fourth-order valence-electron chi connectivity index (χ4n) is 4.67. The van der Waals surface area contributed by atoms with Gasteiger partial charge in [-0.05, 0) is 49.3 Å². The second-order valence-electron chi connectivity index (χ2n) is 8.73. The molecule has 2 aromatic heterocycles. The fraction of sp³-hybridized carbons (Fsp3) is 0.542. The molecule has 4 rings (SSSR count). The summed E-state index contributed by atoms with van der Waals surface area (Å²) in [4.78, 5) is 23.2. The topological polar surface area (TPSA) is 66.8 Å². The lowest BCUT2D eigenvalue weighted by atomic mass is 9.89. The van der Waals surface area contributed by atoms with Gasteiger partial charge in [0.1, 0.15) is 5.52 Å². The molecular formula is C24H32ClN5O. The fourth-order valence-corrected chi connectivity index (χ4v) is 4.80. The minimum Gasteiger partial charge on any atom is -0.342 e. The summed E-state index contributed by atoms with van der Waals surface area (Å²) < 4.78 is 1.66. The van der Waals surface area contributed by atoms with E-state index in [4.69, 9.17) is 16.6 Å². The summed E-state index contributed by atoms with van der Waals surface area (Å²) in [6, 6.07) is 8.00. The van der Waals surface area contributed by atoms with Crippen molar-refractivity contribution in [3.05, 3.63) is 50.9 Å². The number of rotatable bonds is 8. The van der Waals surface area contributed by atoms with Crippen LogP contribution in [0, 0.1) is 5.92 Å². The number of H-pyrrole nitrogens is 1. The van der Waals surface area contributed by atoms with Gasteiger partial charge in [0, 0.05) is 25.2 Å². The molecule has 0 aliphatic heterocycles. The average Bonchev–Trinajstić information content (AvgIpc) is 3.09. The molecule has 1 aromatic carbocycles. The van der Waals surface area contributed by atoms with E-state index in [1.807, 2.05) is 19.2 Å². The van der Waals surface area contributed by atoms with Crippen LogP contribution in [0.25, 0.3) is 11.0 Å². The molecule has 0 amide bonds. The molecule has 166 valence electrons. The largest absolute Gasteiger partial charge is 0.342 e. The van der Waals surface area contributed by atoms with Crippen LogP contribution in [0.4, 0.5) is 5.95 Å². The molecule has 0 bridgehead atoms. The molecule has 0 saturated heterocycles. The van der Waals surface area contributed by atoms with Gasteiger partial charge in [0.25, 0.3) is 5.56 Å². The van der Waals surface area contributed by atoms with E-state index in [-0.39, 0.29) is 5.56 Å². The summed E-state index contributed by atoms with van der Waals surface area (Å²) in [6.45, 7) is 3.84. The van der Waals surface area contributed by atoms with Crippen molar-refractivity contribution in [1.82, 2.24) is 19.7 Å². The number of hydrogen-bond donors (Lipinski definition) is 1. The SMILES string of the molecule is CCCc1nn(C)c2c(=O)[nH]c(N(CCc3ccc(Cl)cc3)CC3CCCCC3)nc12. The number of aromatic nitrogens is 4. The third kappa shape index (κ3) is 5.12. The van der Waals surface area contributed by atoms with Crippen LogP contribution in [-0.4, -0.2) is 32.8 Å². The number of fused-ring (bicyclic) bond motifs is 1. The van der Waals surface area contributed by atoms with Gasteiger partial charge < -0.3 is 4.90 Å². The Bertz CT molecular complexity index is 1070. The monoisotopic (exact) mass is 441 g/mol. The van der Waals surface area contributed by atoms with Crippen molar-refractivity contribution in [2.75, 3.05) is 18.0 Å². The van der Waals surface area contributed by atoms with Gasteiger partial charge in [0.15, 0.2) is 5.52 Å². The summed E-state index contributed by atoms with van der Waals surface area (Å²) in [5.74, 6) is 1.31. The quantitative estimate of drug-likeness (QED) is 0.540. The van der Waals surface area contributed by atoms with E-state index in [0.29, 0.717) is 17.4 Å². The molecule has 1 N–H and O–H groups in total. The van der Waals surface area contributed by atoms with Crippen LogP contribution >= 0.6 is 11.6 Å². The normalized spacial score (nSPS) is 14.9. The van der Waals surface area contributed by atoms with Gasteiger partial charge in [-0.1, -0.05) is 56.3 Å². The molecule has 1 saturated carbocycles. The molecule has 0 atom stereocenters. The number of anilines is 1. The number of aryl methyl sites for hydroxylation is 2. The maximum absolute atomic E-state index is 12.9. The minimum absolute atomic E-state index is 0.113. The summed E-state index contributed by atoms with van der Waals surface area (Å²) in [7, 11) is 1.82. The molecule has 2 heterocycles. The Hall–Kier alpha value is -2.34. The van der Waals surface area contributed by atoms with Gasteiger partial charge in [-0.2, -0.15) is 5.10 Å². The van der Waals surface area contributed by atoms with E-state index in [1.165, 1.54) is 37.7 Å². The molecule has 1 aliphatic carbocycles. The van der Waals surface area contributed by atoms with Crippen molar-refractivity contribution in [1.29, 1.82) is 0 Å². The minimum atomic E-state index is -0.113. The number of nitrogens with one attached hydrogen (secondary N) is 1. The van der Waals surface area contributed by atoms with Crippen molar-refractivity contribution in [3.63, 3.8) is 0 Å². The highest BCUT2D eigenvalue weighted by molar-refractivity contribution is 6.30. The molecule has 7 heteroatoms. The first-order chi connectivity index (χ1) is 15.0. The van der Waals surface area contributed by atoms with E-state index in [9.17, 15) is 4.79 Å². The maximum Gasteiger partial charge on any atom is 0.278 e. The van der Waals surface area contributed by atoms with Crippen LogP contribution in [0.2, 0.25) is 5.02 Å². The van der Waals surface area contributed by atoms with E-state index in [2.05, 4.69) is 34.0 Å². The zero-order chi connectivity index (χ0) is 21.8. The molecular weight excluding hydrogens is 410 g/mol. The number of aromatic amines is 1. The molecule has 0 unspecified atom stereocenters. The average molecular weight is 442 g/mol. The van der Waals surface area contributed by atoms with Gasteiger partial charge in [-0.15, -0.1) is 0 Å². The first-order valence-corrected chi connectivity index (χ1v) is 11.9. The van der Waals surface area contributed by atoms with E-state index in [0.717, 1.165) is 48.6 Å². The molecule has 0 radical (unpaired) electrons. The molecule has 1 fully saturated rings. The van der Waals surface area contributed by atoms with Crippen LogP contribution in [-0.2, 0) is 19.9 Å². The smallest absolute Gasteiger partial charge is 0.278 e. The Morgan fingerprint density at radius 2 is 1.90 bits per heavy atom. The van der Waals surface area contributed by atoms with Gasteiger partial charge in [0.05, 0.1) is 5.69 Å². The van der Waals surface area contributed by atoms with Crippen molar-refractivity contribution in [2.45, 2.75) is 58.3 Å². The second kappa shape index (κ2) is 9.86. The van der Waals surface area contributed by atoms with Gasteiger partial charge in [0.2, 0.25) is 5.95 Å². The molecule has 3 aromatic rings. The summed E-state index contributed by atoms with van der Waals surface area (Å²) in [6.07, 6.45) is 9.08.